The molecule has 7 heteroatoms. The second kappa shape index (κ2) is 8.99. The Balaban J connectivity index is 0.000000427. The van der Waals surface area contributed by atoms with Crippen LogP contribution in [0.2, 0.25) is 0 Å². The van der Waals surface area contributed by atoms with Crippen LogP contribution >= 0.6 is 0 Å². The van der Waals surface area contributed by atoms with E-state index in [-0.39, 0.29) is 34.9 Å². The first-order chi connectivity index (χ1) is 14.9. The fourth-order valence-corrected chi connectivity index (χ4v) is 7.48. The molecule has 0 bridgehead atoms. The fraction of sp³-hybridized carbons (Fsp3) is 0.800. The lowest BCUT2D eigenvalue weighted by Crippen LogP contribution is -2.62. The van der Waals surface area contributed by atoms with Crippen molar-refractivity contribution in [1.82, 2.24) is 0 Å². The van der Waals surface area contributed by atoms with E-state index in [0.717, 1.165) is 25.7 Å². The molecule has 4 rings (SSSR count). The topological polar surface area (TPSA) is 121 Å². The van der Waals surface area contributed by atoms with Gasteiger partial charge in [0.2, 0.25) is 0 Å². The maximum atomic E-state index is 12.4. The standard InChI is InChI=1S/C21H30O5.C4H8O2/c1-19-7-5-13(23)9-12(19)3-4-14-15-6-8-21(26,17(25)11-22)20(15,2)10-16(24)18(14)19;1-3-6-4(2)5/h9,14-16,18,22,24,26H,3-8,10-11H2,1-2H3;3H2,1-2H3/t14-,15-,16-,18+,19-,20-,21-;/m0./s1. The van der Waals surface area contributed by atoms with Crippen LogP contribution in [0.25, 0.3) is 0 Å². The summed E-state index contributed by atoms with van der Waals surface area (Å²) in [6.07, 6.45) is 5.74. The Morgan fingerprint density at radius 3 is 2.44 bits per heavy atom. The van der Waals surface area contributed by atoms with Crippen LogP contribution < -0.4 is 0 Å². The van der Waals surface area contributed by atoms with Crippen LogP contribution in [0.5, 0.6) is 0 Å². The summed E-state index contributed by atoms with van der Waals surface area (Å²) in [5, 5.41) is 31.7. The van der Waals surface area contributed by atoms with Crippen molar-refractivity contribution in [3.8, 4) is 0 Å². The van der Waals surface area contributed by atoms with E-state index in [1.807, 2.05) is 6.92 Å². The molecule has 3 saturated carbocycles. The minimum Gasteiger partial charge on any atom is -0.466 e. The minimum absolute atomic E-state index is 0.0697. The summed E-state index contributed by atoms with van der Waals surface area (Å²) in [4.78, 5) is 34.1. The summed E-state index contributed by atoms with van der Waals surface area (Å²) in [6, 6.07) is 0. The summed E-state index contributed by atoms with van der Waals surface area (Å²) < 4.78 is 4.40. The second-order valence-electron chi connectivity index (χ2n) is 10.5. The molecule has 0 aromatic carbocycles. The third-order valence-corrected chi connectivity index (χ3v) is 9.00. The van der Waals surface area contributed by atoms with Crippen molar-refractivity contribution < 1.29 is 34.4 Å². The van der Waals surface area contributed by atoms with Gasteiger partial charge in [0.15, 0.2) is 11.6 Å². The molecule has 180 valence electrons. The predicted molar refractivity (Wildman–Crippen MR) is 117 cm³/mol. The highest BCUT2D eigenvalue weighted by Crippen LogP contribution is 2.67. The van der Waals surface area contributed by atoms with Gasteiger partial charge < -0.3 is 20.1 Å². The molecule has 0 saturated heterocycles. The summed E-state index contributed by atoms with van der Waals surface area (Å²) in [7, 11) is 0. The number of hydrogen-bond donors (Lipinski definition) is 3. The smallest absolute Gasteiger partial charge is 0.302 e. The van der Waals surface area contributed by atoms with Crippen molar-refractivity contribution in [3.63, 3.8) is 0 Å². The maximum Gasteiger partial charge on any atom is 0.302 e. The lowest BCUT2D eigenvalue weighted by molar-refractivity contribution is -0.182. The van der Waals surface area contributed by atoms with Gasteiger partial charge >= 0.3 is 5.97 Å². The largest absolute Gasteiger partial charge is 0.466 e. The van der Waals surface area contributed by atoms with Gasteiger partial charge in [0.25, 0.3) is 0 Å². The van der Waals surface area contributed by atoms with Crippen LogP contribution in [0.3, 0.4) is 0 Å². The number of Topliss-reactive ketones (excluding diaryl/α,β-unsaturated/α-hetero) is 1. The first-order valence-corrected chi connectivity index (χ1v) is 11.9. The molecule has 0 aromatic rings. The van der Waals surface area contributed by atoms with Gasteiger partial charge in [0, 0.05) is 18.8 Å². The summed E-state index contributed by atoms with van der Waals surface area (Å²) in [5.41, 5.74) is -1.23. The van der Waals surface area contributed by atoms with Crippen molar-refractivity contribution >= 4 is 17.5 Å². The normalized spacial score (nSPS) is 42.5. The van der Waals surface area contributed by atoms with E-state index in [9.17, 15) is 29.7 Å². The molecule has 7 nitrogen and oxygen atoms in total. The van der Waals surface area contributed by atoms with Gasteiger partial charge in [-0.15, -0.1) is 0 Å². The van der Waals surface area contributed by atoms with Crippen molar-refractivity contribution in [2.24, 2.45) is 28.6 Å². The number of hydrogen-bond acceptors (Lipinski definition) is 7. The van der Waals surface area contributed by atoms with Crippen LogP contribution in [0.1, 0.15) is 72.6 Å². The first-order valence-electron chi connectivity index (χ1n) is 11.9. The number of ether oxygens (including phenoxy) is 1. The van der Waals surface area contributed by atoms with Crippen molar-refractivity contribution in [2.75, 3.05) is 13.2 Å². The number of fused-ring (bicyclic) bond motifs is 5. The zero-order valence-electron chi connectivity index (χ0n) is 19.7. The summed E-state index contributed by atoms with van der Waals surface area (Å²) in [5.74, 6) is -0.0707. The molecule has 3 N–H and O–H groups in total. The molecule has 4 aliphatic rings. The number of rotatable bonds is 3. The van der Waals surface area contributed by atoms with Gasteiger partial charge in [-0.2, -0.15) is 0 Å². The lowest BCUT2D eigenvalue weighted by Gasteiger charge is -2.60. The van der Waals surface area contributed by atoms with E-state index in [2.05, 4.69) is 11.7 Å². The monoisotopic (exact) mass is 450 g/mol. The summed E-state index contributed by atoms with van der Waals surface area (Å²) in [6.45, 7) is 7.11. The predicted octanol–water partition coefficient (Wildman–Crippen LogP) is 2.35. The molecule has 0 spiro atoms. The Morgan fingerprint density at radius 2 is 1.88 bits per heavy atom. The molecule has 0 radical (unpaired) electrons. The van der Waals surface area contributed by atoms with E-state index >= 15 is 0 Å². The van der Waals surface area contributed by atoms with Crippen molar-refractivity contribution in [1.29, 1.82) is 0 Å². The van der Waals surface area contributed by atoms with Gasteiger partial charge in [-0.05, 0) is 74.7 Å². The molecule has 0 heterocycles. The van der Waals surface area contributed by atoms with Crippen molar-refractivity contribution in [2.45, 2.75) is 84.3 Å². The number of allylic oxidation sites excluding steroid dienone is 1. The second-order valence-corrected chi connectivity index (χ2v) is 10.5. The molecule has 0 aromatic heterocycles. The van der Waals surface area contributed by atoms with Crippen molar-refractivity contribution in [3.05, 3.63) is 11.6 Å². The van der Waals surface area contributed by atoms with Crippen LogP contribution in [-0.2, 0) is 19.1 Å². The molecular weight excluding hydrogens is 412 g/mol. The lowest BCUT2D eigenvalue weighted by atomic mass is 9.45. The van der Waals surface area contributed by atoms with Gasteiger partial charge in [0.1, 0.15) is 12.2 Å². The number of carbonyl (C=O) groups is 3. The molecule has 4 aliphatic carbocycles. The highest BCUT2D eigenvalue weighted by atomic mass is 16.5. The zero-order chi connectivity index (χ0) is 23.9. The molecular formula is C25H38O7. The molecule has 0 aliphatic heterocycles. The summed E-state index contributed by atoms with van der Waals surface area (Å²) >= 11 is 0. The van der Waals surface area contributed by atoms with Crippen LogP contribution in [0.4, 0.5) is 0 Å². The molecule has 32 heavy (non-hydrogen) atoms. The average molecular weight is 451 g/mol. The Labute approximate surface area is 190 Å². The Morgan fingerprint density at radius 1 is 1.19 bits per heavy atom. The van der Waals surface area contributed by atoms with Gasteiger partial charge in [-0.25, -0.2) is 0 Å². The fourth-order valence-electron chi connectivity index (χ4n) is 7.48. The van der Waals surface area contributed by atoms with E-state index in [1.54, 1.807) is 13.0 Å². The number of carbonyl (C=O) groups excluding carboxylic acids is 3. The van der Waals surface area contributed by atoms with Crippen LogP contribution in [0.15, 0.2) is 11.6 Å². The highest BCUT2D eigenvalue weighted by Gasteiger charge is 2.68. The molecule has 0 amide bonds. The SMILES string of the molecule is CCOC(C)=O.C[C@]12CCC(=O)C=C1CC[C@@H]1[C@@H]2[C@@H](O)C[C@@]2(C)[C@H]1CC[C@]2(O)C(=O)CO. The zero-order valence-corrected chi connectivity index (χ0v) is 19.7. The van der Waals surface area contributed by atoms with Gasteiger partial charge in [-0.3, -0.25) is 14.4 Å². The average Bonchev–Trinajstić information content (AvgIpc) is 2.99. The Kier molecular flexibility index (Phi) is 7.04. The number of ketones is 2. The number of aliphatic hydroxyl groups is 3. The quantitative estimate of drug-likeness (QED) is 0.564. The number of esters is 1. The van der Waals surface area contributed by atoms with E-state index in [0.29, 0.717) is 25.9 Å². The molecule has 0 unspecified atom stereocenters. The number of aliphatic hydroxyl groups excluding tert-OH is 2. The third kappa shape index (κ3) is 3.86. The van der Waals surface area contributed by atoms with E-state index in [4.69, 9.17) is 0 Å². The minimum atomic E-state index is -1.54. The highest BCUT2D eigenvalue weighted by molar-refractivity contribution is 5.91. The molecule has 7 atom stereocenters. The Hall–Kier alpha value is -1.57. The van der Waals surface area contributed by atoms with Gasteiger partial charge in [-0.1, -0.05) is 19.4 Å². The Bertz CT molecular complexity index is 804. The maximum absolute atomic E-state index is 12.4. The van der Waals surface area contributed by atoms with Crippen LogP contribution in [-0.4, -0.2) is 57.8 Å². The van der Waals surface area contributed by atoms with E-state index < -0.39 is 29.5 Å². The van der Waals surface area contributed by atoms with Gasteiger partial charge in [0.05, 0.1) is 12.7 Å². The third-order valence-electron chi connectivity index (χ3n) is 9.00. The van der Waals surface area contributed by atoms with Crippen LogP contribution in [0, 0.1) is 28.6 Å². The van der Waals surface area contributed by atoms with E-state index in [1.165, 1.54) is 12.5 Å². The molecule has 3 fully saturated rings. The first kappa shape index (κ1) is 25.1.